The van der Waals surface area contributed by atoms with Gasteiger partial charge in [-0.1, -0.05) is 0 Å². The molecule has 9 heteroatoms. The molecule has 0 bridgehead atoms. The number of nitrogen functional groups attached to an aromatic ring is 1. The predicted octanol–water partition coefficient (Wildman–Crippen LogP) is 0.742. The summed E-state index contributed by atoms with van der Waals surface area (Å²) in [4.78, 5) is 8.72. The van der Waals surface area contributed by atoms with Crippen LogP contribution in [0.3, 0.4) is 0 Å². The molecule has 0 aliphatic carbocycles. The molecule has 0 aromatic carbocycles. The van der Waals surface area contributed by atoms with Crippen LogP contribution in [0, 0.1) is 0 Å². The topological polar surface area (TPSA) is 87.3 Å². The van der Waals surface area contributed by atoms with Crippen molar-refractivity contribution >= 4 is 11.8 Å². The molecule has 4 N–H and O–H groups in total. The quantitative estimate of drug-likeness (QED) is 0.546. The van der Waals surface area contributed by atoms with Crippen LogP contribution in [-0.4, -0.2) is 33.8 Å². The van der Waals surface area contributed by atoms with Crippen molar-refractivity contribution in [1.82, 2.24) is 9.97 Å². The van der Waals surface area contributed by atoms with E-state index in [0.29, 0.717) is 13.0 Å². The lowest BCUT2D eigenvalue weighted by atomic mass is 10.1. The van der Waals surface area contributed by atoms with Crippen LogP contribution in [0.5, 0.6) is 0 Å². The molecule has 0 spiro atoms. The van der Waals surface area contributed by atoms with Gasteiger partial charge in [-0.15, -0.1) is 0 Å². The molecular formula is C10H14F3N5O. The van der Waals surface area contributed by atoms with Gasteiger partial charge in [0.05, 0.1) is 5.60 Å². The van der Waals surface area contributed by atoms with Crippen LogP contribution in [0.4, 0.5) is 24.9 Å². The standard InChI is InChI=1S/C10H14F3N5O/c1-9(19)2-3-18(5-9)7-4-6(10(11,12)13)15-8(16-7)17-14/h4,19H,2-3,5,14H2,1H3,(H,15,16,17). The van der Waals surface area contributed by atoms with E-state index in [1.165, 1.54) is 0 Å². The van der Waals surface area contributed by atoms with E-state index in [9.17, 15) is 18.3 Å². The number of aromatic nitrogens is 2. The summed E-state index contributed by atoms with van der Waals surface area (Å²) in [6, 6.07) is 0.849. The summed E-state index contributed by atoms with van der Waals surface area (Å²) in [6.45, 7) is 2.26. The van der Waals surface area contributed by atoms with Gasteiger partial charge < -0.3 is 10.0 Å². The lowest BCUT2D eigenvalue weighted by Gasteiger charge is -2.21. The van der Waals surface area contributed by atoms with Crippen LogP contribution in [-0.2, 0) is 6.18 Å². The average molecular weight is 277 g/mol. The Labute approximate surface area is 107 Å². The van der Waals surface area contributed by atoms with Crippen LogP contribution in [0.1, 0.15) is 19.0 Å². The Morgan fingerprint density at radius 1 is 1.47 bits per heavy atom. The molecule has 106 valence electrons. The van der Waals surface area contributed by atoms with Crippen molar-refractivity contribution < 1.29 is 18.3 Å². The highest BCUT2D eigenvalue weighted by atomic mass is 19.4. The molecule has 1 aromatic rings. The number of anilines is 2. The van der Waals surface area contributed by atoms with Gasteiger partial charge in [-0.25, -0.2) is 10.8 Å². The van der Waals surface area contributed by atoms with E-state index in [1.54, 1.807) is 11.8 Å². The first kappa shape index (κ1) is 13.8. The van der Waals surface area contributed by atoms with E-state index in [0.717, 1.165) is 6.07 Å². The molecule has 0 saturated carbocycles. The number of nitrogens with two attached hydrogens (primary N) is 1. The fourth-order valence-corrected chi connectivity index (χ4v) is 1.95. The fraction of sp³-hybridized carbons (Fsp3) is 0.600. The third kappa shape index (κ3) is 3.04. The normalized spacial score (nSPS) is 23.8. The monoisotopic (exact) mass is 277 g/mol. The molecular weight excluding hydrogens is 263 g/mol. The molecule has 1 aliphatic heterocycles. The summed E-state index contributed by atoms with van der Waals surface area (Å²) in [5, 5.41) is 9.83. The zero-order chi connectivity index (χ0) is 14.3. The number of aliphatic hydroxyl groups is 1. The third-order valence-corrected chi connectivity index (χ3v) is 2.91. The van der Waals surface area contributed by atoms with Crippen molar-refractivity contribution in [1.29, 1.82) is 0 Å². The Morgan fingerprint density at radius 2 is 2.16 bits per heavy atom. The van der Waals surface area contributed by atoms with Crippen LogP contribution in [0.25, 0.3) is 0 Å². The Balaban J connectivity index is 2.35. The van der Waals surface area contributed by atoms with Gasteiger partial charge in [0.2, 0.25) is 5.95 Å². The smallest absolute Gasteiger partial charge is 0.388 e. The first-order chi connectivity index (χ1) is 8.71. The minimum Gasteiger partial charge on any atom is -0.388 e. The number of nitrogens with one attached hydrogen (secondary N) is 1. The van der Waals surface area contributed by atoms with Crippen LogP contribution >= 0.6 is 0 Å². The van der Waals surface area contributed by atoms with E-state index >= 15 is 0 Å². The lowest BCUT2D eigenvalue weighted by molar-refractivity contribution is -0.141. The highest BCUT2D eigenvalue weighted by Gasteiger charge is 2.36. The SMILES string of the molecule is CC1(O)CCN(c2cc(C(F)(F)F)nc(NN)n2)C1. The summed E-state index contributed by atoms with van der Waals surface area (Å²) in [7, 11) is 0. The van der Waals surface area contributed by atoms with Crippen molar-refractivity contribution in [2.24, 2.45) is 5.84 Å². The van der Waals surface area contributed by atoms with Crippen molar-refractivity contribution in [2.45, 2.75) is 25.1 Å². The maximum absolute atomic E-state index is 12.7. The Morgan fingerprint density at radius 3 is 2.63 bits per heavy atom. The molecule has 1 aliphatic rings. The number of hydrogen-bond donors (Lipinski definition) is 3. The Hall–Kier alpha value is -1.61. The minimum atomic E-state index is -4.58. The van der Waals surface area contributed by atoms with Gasteiger partial charge in [0.25, 0.3) is 0 Å². The first-order valence-electron chi connectivity index (χ1n) is 5.61. The summed E-state index contributed by atoms with van der Waals surface area (Å²) in [5.74, 6) is 4.85. The zero-order valence-electron chi connectivity index (χ0n) is 10.2. The molecule has 0 radical (unpaired) electrons. The van der Waals surface area contributed by atoms with E-state index in [2.05, 4.69) is 9.97 Å². The molecule has 2 heterocycles. The van der Waals surface area contributed by atoms with Crippen molar-refractivity contribution in [2.75, 3.05) is 23.4 Å². The fourth-order valence-electron chi connectivity index (χ4n) is 1.95. The van der Waals surface area contributed by atoms with Gasteiger partial charge >= 0.3 is 6.18 Å². The van der Waals surface area contributed by atoms with Gasteiger partial charge in [-0.2, -0.15) is 18.2 Å². The number of alkyl halides is 3. The van der Waals surface area contributed by atoms with Crippen molar-refractivity contribution in [3.8, 4) is 0 Å². The number of rotatable bonds is 2. The summed E-state index contributed by atoms with van der Waals surface area (Å²) in [6.07, 6.45) is -4.12. The van der Waals surface area contributed by atoms with Crippen molar-refractivity contribution in [3.63, 3.8) is 0 Å². The van der Waals surface area contributed by atoms with E-state index in [1.807, 2.05) is 5.43 Å². The first-order valence-corrected chi connectivity index (χ1v) is 5.61. The van der Waals surface area contributed by atoms with Gasteiger partial charge in [0, 0.05) is 19.2 Å². The number of hydrazine groups is 1. The molecule has 19 heavy (non-hydrogen) atoms. The molecule has 1 aromatic heterocycles. The van der Waals surface area contributed by atoms with Gasteiger partial charge in [0.15, 0.2) is 5.69 Å². The maximum Gasteiger partial charge on any atom is 0.433 e. The zero-order valence-corrected chi connectivity index (χ0v) is 10.2. The number of hydrogen-bond acceptors (Lipinski definition) is 6. The van der Waals surface area contributed by atoms with Gasteiger partial charge in [-0.3, -0.25) is 5.43 Å². The molecule has 6 nitrogen and oxygen atoms in total. The summed E-state index contributed by atoms with van der Waals surface area (Å²) < 4.78 is 38.1. The number of β-amino-alcohol motifs (C(OH)–C–C–N with tert-alkyl or cyclic N) is 1. The van der Waals surface area contributed by atoms with Crippen LogP contribution < -0.4 is 16.2 Å². The average Bonchev–Trinajstić information content (AvgIpc) is 2.68. The van der Waals surface area contributed by atoms with E-state index in [-0.39, 0.29) is 18.3 Å². The highest BCUT2D eigenvalue weighted by Crippen LogP contribution is 2.32. The predicted molar refractivity (Wildman–Crippen MR) is 62.3 cm³/mol. The van der Waals surface area contributed by atoms with Crippen LogP contribution in [0.2, 0.25) is 0 Å². The Bertz CT molecular complexity index is 477. The van der Waals surface area contributed by atoms with Gasteiger partial charge in [-0.05, 0) is 13.3 Å². The van der Waals surface area contributed by atoms with Gasteiger partial charge in [0.1, 0.15) is 5.82 Å². The maximum atomic E-state index is 12.7. The number of nitrogens with zero attached hydrogens (tertiary/aromatic N) is 3. The second-order valence-corrected chi connectivity index (χ2v) is 4.75. The summed E-state index contributed by atoms with van der Waals surface area (Å²) in [5.41, 5.74) is 0.00953. The molecule has 0 amide bonds. The lowest BCUT2D eigenvalue weighted by Crippen LogP contribution is -2.30. The van der Waals surface area contributed by atoms with E-state index in [4.69, 9.17) is 5.84 Å². The second kappa shape index (κ2) is 4.49. The second-order valence-electron chi connectivity index (χ2n) is 4.75. The van der Waals surface area contributed by atoms with Crippen molar-refractivity contribution in [3.05, 3.63) is 11.8 Å². The van der Waals surface area contributed by atoms with Crippen LogP contribution in [0.15, 0.2) is 6.07 Å². The largest absolute Gasteiger partial charge is 0.433 e. The minimum absolute atomic E-state index is 0.0908. The molecule has 2 rings (SSSR count). The molecule has 1 atom stereocenters. The third-order valence-electron chi connectivity index (χ3n) is 2.91. The number of halogens is 3. The highest BCUT2D eigenvalue weighted by molar-refractivity contribution is 5.46. The van der Waals surface area contributed by atoms with E-state index < -0.39 is 17.5 Å². The summed E-state index contributed by atoms with van der Waals surface area (Å²) >= 11 is 0. The molecule has 1 unspecified atom stereocenters. The molecule has 1 fully saturated rings. The molecule has 1 saturated heterocycles. The Kier molecular flexibility index (Phi) is 3.27.